The molecule has 0 bridgehead atoms. The first-order valence-electron chi connectivity index (χ1n) is 6.39. The Labute approximate surface area is 108 Å². The highest BCUT2D eigenvalue weighted by molar-refractivity contribution is 5.99. The lowest BCUT2D eigenvalue weighted by atomic mass is 10.0. The van der Waals surface area contributed by atoms with E-state index < -0.39 is 0 Å². The van der Waals surface area contributed by atoms with Crippen molar-refractivity contribution in [2.45, 2.75) is 19.4 Å². The molecule has 98 valence electrons. The monoisotopic (exact) mass is 248 g/mol. The lowest BCUT2D eigenvalue weighted by Gasteiger charge is -2.15. The summed E-state index contributed by atoms with van der Waals surface area (Å²) in [7, 11) is 1.82. The summed E-state index contributed by atoms with van der Waals surface area (Å²) in [6.45, 7) is 3.54. The van der Waals surface area contributed by atoms with Crippen LogP contribution < -0.4 is 10.6 Å². The Bertz CT molecular complexity index is 420. The van der Waals surface area contributed by atoms with Crippen LogP contribution in [0.4, 0.5) is 5.69 Å². The summed E-state index contributed by atoms with van der Waals surface area (Å²) in [4.78, 5) is 12.1. The molecule has 0 spiro atoms. The summed E-state index contributed by atoms with van der Waals surface area (Å²) >= 11 is 0. The van der Waals surface area contributed by atoms with E-state index in [2.05, 4.69) is 17.6 Å². The SMILES string of the molecule is CNc1ccccc1C(=O)NCC1CCOC1C. The number of ether oxygens (including phenoxy) is 1. The molecule has 4 heteroatoms. The van der Waals surface area contributed by atoms with Crippen LogP contribution in [0, 0.1) is 5.92 Å². The Morgan fingerprint density at radius 1 is 1.44 bits per heavy atom. The van der Waals surface area contributed by atoms with Crippen molar-refractivity contribution in [2.24, 2.45) is 5.92 Å². The fourth-order valence-corrected chi connectivity index (χ4v) is 2.26. The standard InChI is InChI=1S/C14H20N2O2/c1-10-11(7-8-18-10)9-16-14(17)12-5-3-4-6-13(12)15-2/h3-6,10-11,15H,7-9H2,1-2H3,(H,16,17). The van der Waals surface area contributed by atoms with Crippen LogP contribution in [-0.2, 0) is 4.74 Å². The lowest BCUT2D eigenvalue weighted by Crippen LogP contribution is -2.32. The van der Waals surface area contributed by atoms with Crippen molar-refractivity contribution in [3.63, 3.8) is 0 Å². The van der Waals surface area contributed by atoms with E-state index in [1.807, 2.05) is 31.3 Å². The van der Waals surface area contributed by atoms with Crippen LogP contribution in [0.3, 0.4) is 0 Å². The van der Waals surface area contributed by atoms with Gasteiger partial charge in [0, 0.05) is 31.8 Å². The normalized spacial score (nSPS) is 22.8. The molecule has 2 unspecified atom stereocenters. The number of para-hydroxylation sites is 1. The second-order valence-corrected chi connectivity index (χ2v) is 4.63. The van der Waals surface area contributed by atoms with Gasteiger partial charge in [-0.1, -0.05) is 12.1 Å². The van der Waals surface area contributed by atoms with E-state index in [0.717, 1.165) is 18.7 Å². The summed E-state index contributed by atoms with van der Waals surface area (Å²) in [5, 5.41) is 6.01. The topological polar surface area (TPSA) is 50.4 Å². The quantitative estimate of drug-likeness (QED) is 0.855. The number of anilines is 1. The molecule has 0 saturated carbocycles. The minimum absolute atomic E-state index is 0.0287. The zero-order chi connectivity index (χ0) is 13.0. The first-order valence-corrected chi connectivity index (χ1v) is 6.39. The molecule has 2 rings (SSSR count). The van der Waals surface area contributed by atoms with Crippen LogP contribution in [0.1, 0.15) is 23.7 Å². The summed E-state index contributed by atoms with van der Waals surface area (Å²) in [5.74, 6) is 0.398. The lowest BCUT2D eigenvalue weighted by molar-refractivity contribution is 0.0908. The first-order chi connectivity index (χ1) is 8.72. The highest BCUT2D eigenvalue weighted by Crippen LogP contribution is 2.20. The summed E-state index contributed by atoms with van der Waals surface area (Å²) in [6, 6.07) is 7.51. The van der Waals surface area contributed by atoms with Crippen molar-refractivity contribution in [3.05, 3.63) is 29.8 Å². The van der Waals surface area contributed by atoms with E-state index in [1.54, 1.807) is 0 Å². The number of benzene rings is 1. The molecule has 1 aliphatic rings. The highest BCUT2D eigenvalue weighted by Gasteiger charge is 2.24. The molecule has 2 N–H and O–H groups in total. The molecule has 1 aromatic carbocycles. The van der Waals surface area contributed by atoms with Crippen molar-refractivity contribution in [1.82, 2.24) is 5.32 Å². The fourth-order valence-electron chi connectivity index (χ4n) is 2.26. The van der Waals surface area contributed by atoms with Crippen LogP contribution in [0.15, 0.2) is 24.3 Å². The molecule has 0 aliphatic carbocycles. The molecule has 1 fully saturated rings. The van der Waals surface area contributed by atoms with Crippen LogP contribution >= 0.6 is 0 Å². The van der Waals surface area contributed by atoms with Crippen LogP contribution in [-0.4, -0.2) is 32.2 Å². The number of hydrogen-bond acceptors (Lipinski definition) is 3. The van der Waals surface area contributed by atoms with Crippen molar-refractivity contribution < 1.29 is 9.53 Å². The van der Waals surface area contributed by atoms with Gasteiger partial charge in [0.05, 0.1) is 11.7 Å². The van der Waals surface area contributed by atoms with Crippen LogP contribution in [0.2, 0.25) is 0 Å². The number of nitrogens with one attached hydrogen (secondary N) is 2. The van der Waals surface area contributed by atoms with E-state index in [9.17, 15) is 4.79 Å². The molecule has 1 aromatic rings. The van der Waals surface area contributed by atoms with Gasteiger partial charge >= 0.3 is 0 Å². The minimum atomic E-state index is -0.0287. The summed E-state index contributed by atoms with van der Waals surface area (Å²) in [6.07, 6.45) is 1.26. The zero-order valence-electron chi connectivity index (χ0n) is 10.9. The number of amides is 1. The van der Waals surface area contributed by atoms with Crippen molar-refractivity contribution >= 4 is 11.6 Å². The van der Waals surface area contributed by atoms with E-state index in [0.29, 0.717) is 18.0 Å². The Morgan fingerprint density at radius 2 is 2.22 bits per heavy atom. The summed E-state index contributed by atoms with van der Waals surface area (Å²) < 4.78 is 5.48. The van der Waals surface area contributed by atoms with Gasteiger partial charge in [-0.05, 0) is 25.5 Å². The van der Waals surface area contributed by atoms with E-state index in [1.165, 1.54) is 0 Å². The van der Waals surface area contributed by atoms with Crippen molar-refractivity contribution in [2.75, 3.05) is 25.5 Å². The molecular weight excluding hydrogens is 228 g/mol. The molecular formula is C14H20N2O2. The third-order valence-electron chi connectivity index (χ3n) is 3.50. The molecule has 0 aromatic heterocycles. The summed E-state index contributed by atoms with van der Waals surface area (Å²) in [5.41, 5.74) is 1.54. The second-order valence-electron chi connectivity index (χ2n) is 4.63. The smallest absolute Gasteiger partial charge is 0.253 e. The number of carbonyl (C=O) groups excluding carboxylic acids is 1. The minimum Gasteiger partial charge on any atom is -0.387 e. The van der Waals surface area contributed by atoms with Gasteiger partial charge in [0.15, 0.2) is 0 Å². The van der Waals surface area contributed by atoms with E-state index in [-0.39, 0.29) is 12.0 Å². The Kier molecular flexibility index (Phi) is 4.20. The average Bonchev–Trinajstić information content (AvgIpc) is 2.81. The molecule has 2 atom stereocenters. The van der Waals surface area contributed by atoms with Gasteiger partial charge in [0.25, 0.3) is 5.91 Å². The average molecular weight is 248 g/mol. The van der Waals surface area contributed by atoms with Crippen molar-refractivity contribution in [3.8, 4) is 0 Å². The number of rotatable bonds is 4. The number of carbonyl (C=O) groups is 1. The molecule has 1 aliphatic heterocycles. The maximum atomic E-state index is 12.1. The molecule has 1 saturated heterocycles. The first kappa shape index (κ1) is 12.9. The Hall–Kier alpha value is -1.55. The maximum absolute atomic E-state index is 12.1. The van der Waals surface area contributed by atoms with Gasteiger partial charge in [-0.15, -0.1) is 0 Å². The van der Waals surface area contributed by atoms with E-state index in [4.69, 9.17) is 4.74 Å². The molecule has 4 nitrogen and oxygen atoms in total. The van der Waals surface area contributed by atoms with Gasteiger partial charge in [-0.2, -0.15) is 0 Å². The predicted octanol–water partition coefficient (Wildman–Crippen LogP) is 1.88. The maximum Gasteiger partial charge on any atom is 0.253 e. The van der Waals surface area contributed by atoms with Crippen LogP contribution in [0.25, 0.3) is 0 Å². The molecule has 0 radical (unpaired) electrons. The Balaban J connectivity index is 1.95. The Morgan fingerprint density at radius 3 is 2.89 bits per heavy atom. The molecule has 1 amide bonds. The highest BCUT2D eigenvalue weighted by atomic mass is 16.5. The molecule has 1 heterocycles. The van der Waals surface area contributed by atoms with Crippen molar-refractivity contribution in [1.29, 1.82) is 0 Å². The third kappa shape index (κ3) is 2.82. The van der Waals surface area contributed by atoms with Gasteiger partial charge in [0.2, 0.25) is 0 Å². The largest absolute Gasteiger partial charge is 0.387 e. The van der Waals surface area contributed by atoms with Crippen LogP contribution in [0.5, 0.6) is 0 Å². The van der Waals surface area contributed by atoms with Gasteiger partial charge in [0.1, 0.15) is 0 Å². The number of hydrogen-bond donors (Lipinski definition) is 2. The second kappa shape index (κ2) is 5.87. The van der Waals surface area contributed by atoms with Gasteiger partial charge < -0.3 is 15.4 Å². The molecule has 18 heavy (non-hydrogen) atoms. The van der Waals surface area contributed by atoms with Gasteiger partial charge in [-0.25, -0.2) is 0 Å². The van der Waals surface area contributed by atoms with Gasteiger partial charge in [-0.3, -0.25) is 4.79 Å². The van der Waals surface area contributed by atoms with E-state index >= 15 is 0 Å². The predicted molar refractivity (Wildman–Crippen MR) is 71.8 cm³/mol. The zero-order valence-corrected chi connectivity index (χ0v) is 10.9. The third-order valence-corrected chi connectivity index (χ3v) is 3.50. The fraction of sp³-hybridized carbons (Fsp3) is 0.500.